The molecule has 7 heteroatoms. The van der Waals surface area contributed by atoms with Crippen LogP contribution < -0.4 is 5.32 Å². The Morgan fingerprint density at radius 2 is 1.90 bits per heavy atom. The number of benzene rings is 1. The number of aliphatic carboxylic acids is 1. The number of sulfone groups is 1. The normalized spacial score (nSPS) is 13.0. The molecule has 6 nitrogen and oxygen atoms in total. The van der Waals surface area contributed by atoms with Gasteiger partial charge in [0.05, 0.1) is 4.90 Å². The number of carboxylic acids is 1. The molecule has 1 rings (SSSR count). The van der Waals surface area contributed by atoms with Gasteiger partial charge in [0.25, 0.3) is 0 Å². The van der Waals surface area contributed by atoms with E-state index >= 15 is 0 Å². The molecule has 0 aromatic heterocycles. The summed E-state index contributed by atoms with van der Waals surface area (Å²) in [5, 5.41) is 11.9. The van der Waals surface area contributed by atoms with E-state index in [0.29, 0.717) is 0 Å². The molecule has 1 amide bonds. The van der Waals surface area contributed by atoms with Gasteiger partial charge in [-0.15, -0.1) is 0 Å². The number of carbonyl (C=O) groups excluding carboxylic acids is 1. The average Bonchev–Trinajstić information content (AvgIpc) is 2.44. The highest BCUT2D eigenvalue weighted by atomic mass is 32.2. The molecule has 1 atom stereocenters. The van der Waals surface area contributed by atoms with Crippen LogP contribution in [-0.2, 0) is 19.4 Å². The second-order valence-corrected chi connectivity index (χ2v) is 6.34. The van der Waals surface area contributed by atoms with Crippen molar-refractivity contribution in [2.24, 2.45) is 0 Å². The third-order valence-electron chi connectivity index (χ3n) is 2.65. The van der Waals surface area contributed by atoms with Crippen molar-refractivity contribution in [3.05, 3.63) is 41.8 Å². The van der Waals surface area contributed by atoms with Crippen molar-refractivity contribution in [1.29, 1.82) is 0 Å². The number of rotatable bonds is 7. The van der Waals surface area contributed by atoms with Crippen molar-refractivity contribution < 1.29 is 23.1 Å². The molecule has 0 saturated carbocycles. The molecule has 0 saturated heterocycles. The Morgan fingerprint density at radius 1 is 1.29 bits per heavy atom. The Balaban J connectivity index is 2.60. The zero-order valence-corrected chi connectivity index (χ0v) is 12.3. The van der Waals surface area contributed by atoms with E-state index in [-0.39, 0.29) is 23.8 Å². The molecule has 0 aliphatic heterocycles. The minimum atomic E-state index is -3.65. The molecular formula is C14H17NO5S. The number of hydrogen-bond acceptors (Lipinski definition) is 4. The summed E-state index contributed by atoms with van der Waals surface area (Å²) < 4.78 is 23.8. The number of carbonyl (C=O) groups is 2. The lowest BCUT2D eigenvalue weighted by Gasteiger charge is -2.10. The third kappa shape index (κ3) is 6.22. The Bertz CT molecular complexity index is 622. The number of nitrogens with one attached hydrogen (secondary N) is 1. The fourth-order valence-corrected chi connectivity index (χ4v) is 2.54. The highest BCUT2D eigenvalue weighted by Crippen LogP contribution is 2.10. The van der Waals surface area contributed by atoms with Crippen LogP contribution in [0.15, 0.2) is 46.7 Å². The fourth-order valence-electron chi connectivity index (χ4n) is 1.54. The molecule has 1 unspecified atom stereocenters. The fraction of sp³-hybridized carbons (Fsp3) is 0.286. The standard InChI is InChI=1S/C14H17NO5S/c1-11(7-8-14(17)18)15-13(16)9-10-21(19,20)12-5-3-2-4-6-12/h2-6,9-11H,7-8H2,1H3,(H,15,16)(H,17,18). The molecule has 0 bridgehead atoms. The number of amides is 1. The summed E-state index contributed by atoms with van der Waals surface area (Å²) in [4.78, 5) is 22.1. The van der Waals surface area contributed by atoms with E-state index in [9.17, 15) is 18.0 Å². The lowest BCUT2D eigenvalue weighted by atomic mass is 10.2. The van der Waals surface area contributed by atoms with Crippen molar-refractivity contribution in [3.8, 4) is 0 Å². The van der Waals surface area contributed by atoms with Crippen molar-refractivity contribution >= 4 is 21.7 Å². The largest absolute Gasteiger partial charge is 0.481 e. The van der Waals surface area contributed by atoms with Gasteiger partial charge in [0, 0.05) is 23.9 Å². The topological polar surface area (TPSA) is 101 Å². The zero-order chi connectivity index (χ0) is 15.9. The van der Waals surface area contributed by atoms with E-state index in [1.165, 1.54) is 12.1 Å². The maximum Gasteiger partial charge on any atom is 0.303 e. The van der Waals surface area contributed by atoms with Gasteiger partial charge in [-0.25, -0.2) is 8.42 Å². The summed E-state index contributed by atoms with van der Waals surface area (Å²) in [6, 6.07) is 7.40. The Morgan fingerprint density at radius 3 is 2.48 bits per heavy atom. The van der Waals surface area contributed by atoms with E-state index in [1.807, 2.05) is 0 Å². The minimum absolute atomic E-state index is 0.0620. The molecule has 0 fully saturated rings. The Kier molecular flexibility index (Phi) is 6.10. The first-order valence-electron chi connectivity index (χ1n) is 6.32. The van der Waals surface area contributed by atoms with Crippen molar-refractivity contribution in [3.63, 3.8) is 0 Å². The van der Waals surface area contributed by atoms with Crippen LogP contribution in [0.4, 0.5) is 0 Å². The lowest BCUT2D eigenvalue weighted by molar-refractivity contribution is -0.137. The number of carboxylic acid groups (broad SMARTS) is 1. The van der Waals surface area contributed by atoms with Crippen LogP contribution in [-0.4, -0.2) is 31.4 Å². The zero-order valence-electron chi connectivity index (χ0n) is 11.5. The van der Waals surface area contributed by atoms with Gasteiger partial charge in [-0.3, -0.25) is 9.59 Å². The van der Waals surface area contributed by atoms with Crippen LogP contribution in [0.1, 0.15) is 19.8 Å². The summed E-state index contributed by atoms with van der Waals surface area (Å²) in [5.41, 5.74) is 0. The predicted molar refractivity (Wildman–Crippen MR) is 77.2 cm³/mol. The van der Waals surface area contributed by atoms with Gasteiger partial charge in [-0.1, -0.05) is 18.2 Å². The molecule has 1 aromatic carbocycles. The maximum atomic E-state index is 11.9. The van der Waals surface area contributed by atoms with E-state index in [2.05, 4.69) is 5.32 Å². The predicted octanol–water partition coefficient (Wildman–Crippen LogP) is 1.34. The van der Waals surface area contributed by atoms with E-state index < -0.39 is 21.7 Å². The SMILES string of the molecule is CC(CCC(=O)O)NC(=O)C=CS(=O)(=O)c1ccccc1. The minimum Gasteiger partial charge on any atom is -0.481 e. The van der Waals surface area contributed by atoms with Crippen molar-refractivity contribution in [2.45, 2.75) is 30.7 Å². The van der Waals surface area contributed by atoms with Crippen LogP contribution in [0.3, 0.4) is 0 Å². The molecule has 0 aliphatic carbocycles. The maximum absolute atomic E-state index is 11.9. The molecule has 1 aromatic rings. The van der Waals surface area contributed by atoms with Crippen molar-refractivity contribution in [2.75, 3.05) is 0 Å². The van der Waals surface area contributed by atoms with Gasteiger partial charge < -0.3 is 10.4 Å². The summed E-state index contributed by atoms with van der Waals surface area (Å²) in [6.07, 6.45) is 1.15. The second kappa shape index (κ2) is 7.58. The van der Waals surface area contributed by atoms with E-state index in [1.54, 1.807) is 25.1 Å². The van der Waals surface area contributed by atoms with Gasteiger partial charge >= 0.3 is 5.97 Å². The molecular weight excluding hydrogens is 294 g/mol. The van der Waals surface area contributed by atoms with E-state index in [4.69, 9.17) is 5.11 Å². The van der Waals surface area contributed by atoms with Crippen molar-refractivity contribution in [1.82, 2.24) is 5.32 Å². The van der Waals surface area contributed by atoms with Gasteiger partial charge in [0.15, 0.2) is 9.84 Å². The molecule has 0 heterocycles. The first-order chi connectivity index (χ1) is 9.81. The van der Waals surface area contributed by atoms with Gasteiger partial charge in [-0.05, 0) is 25.5 Å². The smallest absolute Gasteiger partial charge is 0.303 e. The highest BCUT2D eigenvalue weighted by Gasteiger charge is 2.11. The van der Waals surface area contributed by atoms with E-state index in [0.717, 1.165) is 11.5 Å². The van der Waals surface area contributed by atoms with Crippen LogP contribution in [0.25, 0.3) is 0 Å². The van der Waals surface area contributed by atoms with Gasteiger partial charge in [0.1, 0.15) is 0 Å². The molecule has 114 valence electrons. The van der Waals surface area contributed by atoms with Crippen LogP contribution in [0.5, 0.6) is 0 Å². The third-order valence-corrected chi connectivity index (χ3v) is 4.07. The molecule has 2 N–H and O–H groups in total. The molecule has 0 radical (unpaired) electrons. The average molecular weight is 311 g/mol. The second-order valence-electron chi connectivity index (χ2n) is 4.50. The quantitative estimate of drug-likeness (QED) is 0.740. The monoisotopic (exact) mass is 311 g/mol. The first-order valence-corrected chi connectivity index (χ1v) is 7.86. The highest BCUT2D eigenvalue weighted by molar-refractivity contribution is 7.94. The van der Waals surface area contributed by atoms with Crippen LogP contribution in [0, 0.1) is 0 Å². The Hall–Kier alpha value is -2.15. The summed E-state index contributed by atoms with van der Waals surface area (Å²) in [7, 11) is -3.65. The summed E-state index contributed by atoms with van der Waals surface area (Å²) in [6.45, 7) is 1.65. The Labute approximate surface area is 123 Å². The molecule has 21 heavy (non-hydrogen) atoms. The lowest BCUT2D eigenvalue weighted by Crippen LogP contribution is -2.31. The summed E-state index contributed by atoms with van der Waals surface area (Å²) >= 11 is 0. The van der Waals surface area contributed by atoms with Crippen LogP contribution in [0.2, 0.25) is 0 Å². The van der Waals surface area contributed by atoms with Gasteiger partial charge in [0.2, 0.25) is 5.91 Å². The van der Waals surface area contributed by atoms with Gasteiger partial charge in [-0.2, -0.15) is 0 Å². The first kappa shape index (κ1) is 16.9. The number of hydrogen-bond donors (Lipinski definition) is 2. The van der Waals surface area contributed by atoms with Crippen LogP contribution >= 0.6 is 0 Å². The summed E-state index contributed by atoms with van der Waals surface area (Å²) in [5.74, 6) is -1.52. The molecule has 0 spiro atoms. The molecule has 0 aliphatic rings.